The summed E-state index contributed by atoms with van der Waals surface area (Å²) in [5.74, 6) is 1.34. The van der Waals surface area contributed by atoms with Crippen LogP contribution in [0.1, 0.15) is 34.7 Å². The lowest BCUT2D eigenvalue weighted by molar-refractivity contribution is 0.414. The molecule has 4 aromatic rings. The van der Waals surface area contributed by atoms with E-state index in [2.05, 4.69) is 0 Å². The van der Waals surface area contributed by atoms with Gasteiger partial charge in [0.2, 0.25) is 0 Å². The fourth-order valence-corrected chi connectivity index (χ4v) is 5.33. The van der Waals surface area contributed by atoms with Crippen molar-refractivity contribution in [2.24, 2.45) is 0 Å². The molecule has 0 radical (unpaired) electrons. The largest absolute Gasteiger partial charge is 0.497 e. The van der Waals surface area contributed by atoms with Crippen molar-refractivity contribution in [1.82, 2.24) is 9.55 Å². The van der Waals surface area contributed by atoms with Crippen LogP contribution in [0.5, 0.6) is 5.75 Å². The van der Waals surface area contributed by atoms with Crippen LogP contribution >= 0.6 is 11.3 Å². The standard InChI is InChI=1S/C25H22N2O2S/c1-29-19-11-7-10-18(16-19)27-22(15-14-17-8-3-2-4-9-17)26-24-23(25(27)28)20-12-5-6-13-21(20)30-24/h2-4,7-11,14-16H,5-6,12-13H2,1H3/b15-14+. The summed E-state index contributed by atoms with van der Waals surface area (Å²) < 4.78 is 7.11. The average Bonchev–Trinajstić information content (AvgIpc) is 3.17. The molecule has 5 rings (SSSR count). The minimum atomic E-state index is 0.000338. The van der Waals surface area contributed by atoms with E-state index in [1.54, 1.807) is 23.0 Å². The van der Waals surface area contributed by atoms with Crippen molar-refractivity contribution in [3.8, 4) is 11.4 Å². The molecule has 0 unspecified atom stereocenters. The second-order valence-electron chi connectivity index (χ2n) is 7.45. The van der Waals surface area contributed by atoms with Crippen molar-refractivity contribution in [3.05, 3.63) is 86.8 Å². The highest BCUT2D eigenvalue weighted by Gasteiger charge is 2.22. The first-order chi connectivity index (χ1) is 14.7. The molecule has 0 N–H and O–H groups in total. The Morgan fingerprint density at radius 2 is 1.87 bits per heavy atom. The van der Waals surface area contributed by atoms with Crippen LogP contribution in [-0.2, 0) is 12.8 Å². The van der Waals surface area contributed by atoms with Crippen molar-refractivity contribution >= 4 is 33.7 Å². The summed E-state index contributed by atoms with van der Waals surface area (Å²) in [6, 6.07) is 17.6. The average molecular weight is 415 g/mol. The second-order valence-corrected chi connectivity index (χ2v) is 8.53. The zero-order valence-electron chi connectivity index (χ0n) is 16.8. The quantitative estimate of drug-likeness (QED) is 0.443. The Bertz CT molecular complexity index is 1300. The van der Waals surface area contributed by atoms with Crippen molar-refractivity contribution in [2.45, 2.75) is 25.7 Å². The molecule has 0 bridgehead atoms. The maximum Gasteiger partial charge on any atom is 0.267 e. The van der Waals surface area contributed by atoms with Gasteiger partial charge in [-0.15, -0.1) is 11.3 Å². The van der Waals surface area contributed by atoms with E-state index in [0.29, 0.717) is 11.6 Å². The summed E-state index contributed by atoms with van der Waals surface area (Å²) in [7, 11) is 1.63. The van der Waals surface area contributed by atoms with Gasteiger partial charge in [-0.2, -0.15) is 0 Å². The molecule has 1 aliphatic rings. The van der Waals surface area contributed by atoms with Crippen LogP contribution in [0.2, 0.25) is 0 Å². The van der Waals surface area contributed by atoms with Crippen molar-refractivity contribution < 1.29 is 4.74 Å². The maximum atomic E-state index is 13.7. The lowest BCUT2D eigenvalue weighted by Crippen LogP contribution is -2.22. The lowest BCUT2D eigenvalue weighted by Gasteiger charge is -2.13. The molecule has 150 valence electrons. The molecule has 0 fully saturated rings. The van der Waals surface area contributed by atoms with Crippen LogP contribution in [0.3, 0.4) is 0 Å². The van der Waals surface area contributed by atoms with E-state index in [1.807, 2.05) is 66.7 Å². The molecule has 2 heterocycles. The predicted molar refractivity (Wildman–Crippen MR) is 124 cm³/mol. The van der Waals surface area contributed by atoms with Gasteiger partial charge in [0, 0.05) is 10.9 Å². The molecule has 2 aromatic heterocycles. The Morgan fingerprint density at radius 3 is 2.70 bits per heavy atom. The van der Waals surface area contributed by atoms with Crippen LogP contribution in [0.25, 0.3) is 28.1 Å². The molecule has 5 heteroatoms. The Kier molecular flexibility index (Phi) is 4.97. The third kappa shape index (κ3) is 3.35. The van der Waals surface area contributed by atoms with Crippen molar-refractivity contribution in [1.29, 1.82) is 0 Å². The Balaban J connectivity index is 1.76. The molecule has 0 aliphatic heterocycles. The van der Waals surface area contributed by atoms with Gasteiger partial charge in [0.15, 0.2) is 0 Å². The van der Waals surface area contributed by atoms with Gasteiger partial charge in [-0.3, -0.25) is 9.36 Å². The zero-order chi connectivity index (χ0) is 20.5. The predicted octanol–water partition coefficient (Wildman–Crippen LogP) is 5.51. The fraction of sp³-hybridized carbons (Fsp3) is 0.200. The minimum Gasteiger partial charge on any atom is -0.497 e. The highest BCUT2D eigenvalue weighted by molar-refractivity contribution is 7.18. The number of ether oxygens (including phenoxy) is 1. The Morgan fingerprint density at radius 1 is 1.03 bits per heavy atom. The van der Waals surface area contributed by atoms with Crippen LogP contribution in [0.15, 0.2) is 59.4 Å². The van der Waals surface area contributed by atoms with Gasteiger partial charge < -0.3 is 4.74 Å². The molecular formula is C25H22N2O2S. The first-order valence-corrected chi connectivity index (χ1v) is 11.0. The molecule has 0 atom stereocenters. The molecule has 0 amide bonds. The number of aromatic nitrogens is 2. The number of fused-ring (bicyclic) bond motifs is 3. The highest BCUT2D eigenvalue weighted by Crippen LogP contribution is 2.34. The number of hydrogen-bond donors (Lipinski definition) is 0. The first-order valence-electron chi connectivity index (χ1n) is 10.2. The smallest absolute Gasteiger partial charge is 0.267 e. The third-order valence-corrected chi connectivity index (χ3v) is 6.74. The number of methoxy groups -OCH3 is 1. The number of benzene rings is 2. The summed E-state index contributed by atoms with van der Waals surface area (Å²) in [6.07, 6.45) is 8.25. The third-order valence-electron chi connectivity index (χ3n) is 5.55. The molecule has 0 saturated heterocycles. The maximum absolute atomic E-state index is 13.7. The fourth-order valence-electron chi connectivity index (χ4n) is 4.07. The summed E-state index contributed by atoms with van der Waals surface area (Å²) in [4.78, 5) is 20.9. The summed E-state index contributed by atoms with van der Waals surface area (Å²) >= 11 is 1.68. The van der Waals surface area contributed by atoms with Gasteiger partial charge in [-0.1, -0.05) is 42.5 Å². The number of nitrogens with zero attached hydrogens (tertiary/aromatic N) is 2. The van der Waals surface area contributed by atoms with Gasteiger partial charge >= 0.3 is 0 Å². The van der Waals surface area contributed by atoms with E-state index in [-0.39, 0.29) is 5.56 Å². The van der Waals surface area contributed by atoms with E-state index in [0.717, 1.165) is 40.7 Å². The topological polar surface area (TPSA) is 44.1 Å². The molecule has 1 aliphatic carbocycles. The van der Waals surface area contributed by atoms with E-state index in [4.69, 9.17) is 9.72 Å². The van der Waals surface area contributed by atoms with Crippen LogP contribution < -0.4 is 10.3 Å². The SMILES string of the molecule is COc1cccc(-n2c(/C=C/c3ccccc3)nc3sc4c(c3c2=O)CCCC4)c1. The van der Waals surface area contributed by atoms with Crippen molar-refractivity contribution in [2.75, 3.05) is 7.11 Å². The summed E-state index contributed by atoms with van der Waals surface area (Å²) in [5, 5.41) is 0.786. The van der Waals surface area contributed by atoms with Crippen LogP contribution in [-0.4, -0.2) is 16.7 Å². The molecule has 4 nitrogen and oxygen atoms in total. The van der Waals surface area contributed by atoms with Crippen molar-refractivity contribution in [3.63, 3.8) is 0 Å². The monoisotopic (exact) mass is 414 g/mol. The Hall–Kier alpha value is -3.18. The molecule has 0 spiro atoms. The minimum absolute atomic E-state index is 0.000338. The number of hydrogen-bond acceptors (Lipinski definition) is 4. The number of rotatable bonds is 4. The molecule has 30 heavy (non-hydrogen) atoms. The number of aryl methyl sites for hydroxylation is 2. The van der Waals surface area contributed by atoms with Crippen LogP contribution in [0.4, 0.5) is 0 Å². The van der Waals surface area contributed by atoms with E-state index in [9.17, 15) is 4.79 Å². The lowest BCUT2D eigenvalue weighted by atomic mass is 9.97. The van der Waals surface area contributed by atoms with E-state index < -0.39 is 0 Å². The van der Waals surface area contributed by atoms with E-state index >= 15 is 0 Å². The highest BCUT2D eigenvalue weighted by atomic mass is 32.1. The molecular weight excluding hydrogens is 392 g/mol. The van der Waals surface area contributed by atoms with Gasteiger partial charge in [-0.25, -0.2) is 4.98 Å². The molecule has 2 aromatic carbocycles. The summed E-state index contributed by atoms with van der Waals surface area (Å²) in [6.45, 7) is 0. The van der Waals surface area contributed by atoms with Crippen LogP contribution in [0, 0.1) is 0 Å². The number of thiophene rings is 1. The first kappa shape index (κ1) is 18.8. The van der Waals surface area contributed by atoms with Gasteiger partial charge in [0.25, 0.3) is 5.56 Å². The zero-order valence-corrected chi connectivity index (χ0v) is 17.6. The van der Waals surface area contributed by atoms with Gasteiger partial charge in [0.1, 0.15) is 16.4 Å². The summed E-state index contributed by atoms with van der Waals surface area (Å²) in [5.41, 5.74) is 3.03. The molecule has 0 saturated carbocycles. The second kappa shape index (κ2) is 7.92. The van der Waals surface area contributed by atoms with Gasteiger partial charge in [-0.05, 0) is 55.0 Å². The normalized spacial score (nSPS) is 13.6. The van der Waals surface area contributed by atoms with E-state index in [1.165, 1.54) is 16.9 Å². The van der Waals surface area contributed by atoms with Gasteiger partial charge in [0.05, 0.1) is 18.2 Å². The Labute approximate surface area is 179 Å².